The normalized spacial score (nSPS) is 15.4. The SMILES string of the molecule is COC1(CNC(=O)c2ccccc2I)Cc2ccccc2C1. The van der Waals surface area contributed by atoms with Crippen LogP contribution >= 0.6 is 22.6 Å². The number of nitrogens with one attached hydrogen (secondary N) is 1. The molecule has 1 aliphatic rings. The highest BCUT2D eigenvalue weighted by Gasteiger charge is 2.37. The van der Waals surface area contributed by atoms with Crippen LogP contribution in [0, 0.1) is 3.57 Å². The second-order valence-corrected chi connectivity index (χ2v) is 6.83. The Morgan fingerprint density at radius 3 is 2.32 bits per heavy atom. The Balaban J connectivity index is 1.71. The maximum atomic E-state index is 12.4. The first-order valence-corrected chi connectivity index (χ1v) is 8.36. The van der Waals surface area contributed by atoms with Crippen molar-refractivity contribution in [1.82, 2.24) is 5.32 Å². The van der Waals surface area contributed by atoms with Gasteiger partial charge in [-0.15, -0.1) is 0 Å². The number of benzene rings is 2. The van der Waals surface area contributed by atoms with Gasteiger partial charge in [0.2, 0.25) is 0 Å². The Kier molecular flexibility index (Phi) is 4.49. The Morgan fingerprint density at radius 2 is 1.73 bits per heavy atom. The minimum absolute atomic E-state index is 0.0441. The van der Waals surface area contributed by atoms with Crippen LogP contribution in [0.15, 0.2) is 48.5 Å². The first-order chi connectivity index (χ1) is 10.6. The number of amides is 1. The number of hydrogen-bond acceptors (Lipinski definition) is 2. The van der Waals surface area contributed by atoms with Gasteiger partial charge in [-0.25, -0.2) is 0 Å². The number of halogens is 1. The maximum absolute atomic E-state index is 12.4. The summed E-state index contributed by atoms with van der Waals surface area (Å²) in [5, 5.41) is 3.04. The van der Waals surface area contributed by atoms with Crippen LogP contribution in [0.2, 0.25) is 0 Å². The first kappa shape index (κ1) is 15.5. The van der Waals surface area contributed by atoms with E-state index in [0.29, 0.717) is 12.1 Å². The maximum Gasteiger partial charge on any atom is 0.252 e. The molecule has 0 aliphatic heterocycles. The third-order valence-corrected chi connectivity index (χ3v) is 5.21. The number of rotatable bonds is 4. The van der Waals surface area contributed by atoms with E-state index in [4.69, 9.17) is 4.74 Å². The summed E-state index contributed by atoms with van der Waals surface area (Å²) < 4.78 is 6.74. The van der Waals surface area contributed by atoms with Gasteiger partial charge in [0, 0.05) is 30.1 Å². The number of fused-ring (bicyclic) bond motifs is 1. The minimum atomic E-state index is -0.334. The molecule has 0 aromatic heterocycles. The molecular formula is C18H18INO2. The summed E-state index contributed by atoms with van der Waals surface area (Å²) in [6, 6.07) is 16.0. The zero-order valence-corrected chi connectivity index (χ0v) is 14.6. The summed E-state index contributed by atoms with van der Waals surface area (Å²) in [4.78, 5) is 12.4. The van der Waals surface area contributed by atoms with Crippen LogP contribution in [0.25, 0.3) is 0 Å². The van der Waals surface area contributed by atoms with Crippen molar-refractivity contribution in [2.45, 2.75) is 18.4 Å². The van der Waals surface area contributed by atoms with Gasteiger partial charge in [-0.05, 0) is 45.9 Å². The third kappa shape index (κ3) is 3.03. The molecule has 1 N–H and O–H groups in total. The molecule has 0 saturated heterocycles. The number of ether oxygens (including phenoxy) is 1. The molecule has 0 bridgehead atoms. The van der Waals surface area contributed by atoms with Gasteiger partial charge in [-0.2, -0.15) is 0 Å². The molecule has 1 amide bonds. The summed E-state index contributed by atoms with van der Waals surface area (Å²) in [6.45, 7) is 0.516. The second kappa shape index (κ2) is 6.38. The van der Waals surface area contributed by atoms with Crippen LogP contribution < -0.4 is 5.32 Å². The fraction of sp³-hybridized carbons (Fsp3) is 0.278. The van der Waals surface area contributed by atoms with E-state index < -0.39 is 0 Å². The van der Waals surface area contributed by atoms with E-state index in [1.54, 1.807) is 7.11 Å². The number of hydrogen-bond donors (Lipinski definition) is 1. The number of methoxy groups -OCH3 is 1. The predicted molar refractivity (Wildman–Crippen MR) is 95.1 cm³/mol. The molecule has 0 unspecified atom stereocenters. The largest absolute Gasteiger partial charge is 0.376 e. The lowest BCUT2D eigenvalue weighted by molar-refractivity contribution is 0.000169. The monoisotopic (exact) mass is 407 g/mol. The van der Waals surface area contributed by atoms with E-state index in [2.05, 4.69) is 52.2 Å². The van der Waals surface area contributed by atoms with Crippen molar-refractivity contribution >= 4 is 28.5 Å². The zero-order chi connectivity index (χ0) is 15.6. The summed E-state index contributed by atoms with van der Waals surface area (Å²) in [5.74, 6) is -0.0441. The molecule has 0 radical (unpaired) electrons. The van der Waals surface area contributed by atoms with Crippen molar-refractivity contribution in [3.8, 4) is 0 Å². The van der Waals surface area contributed by atoms with Crippen LogP contribution in [0.3, 0.4) is 0 Å². The van der Waals surface area contributed by atoms with Crippen LogP contribution in [-0.4, -0.2) is 25.2 Å². The molecule has 22 heavy (non-hydrogen) atoms. The number of carbonyl (C=O) groups is 1. The first-order valence-electron chi connectivity index (χ1n) is 7.28. The quantitative estimate of drug-likeness (QED) is 0.791. The smallest absolute Gasteiger partial charge is 0.252 e. The van der Waals surface area contributed by atoms with Gasteiger partial charge in [0.1, 0.15) is 0 Å². The minimum Gasteiger partial charge on any atom is -0.376 e. The fourth-order valence-electron chi connectivity index (χ4n) is 2.98. The molecule has 1 aliphatic carbocycles. The molecule has 4 heteroatoms. The molecule has 2 aromatic rings. The van der Waals surface area contributed by atoms with Crippen LogP contribution in [0.4, 0.5) is 0 Å². The van der Waals surface area contributed by atoms with E-state index in [9.17, 15) is 4.79 Å². The summed E-state index contributed by atoms with van der Waals surface area (Å²) >= 11 is 2.18. The van der Waals surface area contributed by atoms with E-state index in [-0.39, 0.29) is 11.5 Å². The summed E-state index contributed by atoms with van der Waals surface area (Å²) in [6.07, 6.45) is 1.68. The standard InChI is InChI=1S/C18H18INO2/c1-22-18(10-13-6-2-3-7-14(13)11-18)12-20-17(21)15-8-4-5-9-16(15)19/h2-9H,10-12H2,1H3,(H,20,21). The highest BCUT2D eigenvalue weighted by Crippen LogP contribution is 2.32. The third-order valence-electron chi connectivity index (χ3n) is 4.27. The van der Waals surface area contributed by atoms with Crippen molar-refractivity contribution < 1.29 is 9.53 Å². The lowest BCUT2D eigenvalue weighted by atomic mass is 10.00. The summed E-state index contributed by atoms with van der Waals surface area (Å²) in [7, 11) is 1.73. The average molecular weight is 407 g/mol. The van der Waals surface area contributed by atoms with Crippen molar-refractivity contribution in [1.29, 1.82) is 0 Å². The molecule has 0 spiro atoms. The van der Waals surface area contributed by atoms with Gasteiger partial charge in [0.25, 0.3) is 5.91 Å². The van der Waals surface area contributed by atoms with Crippen molar-refractivity contribution in [3.63, 3.8) is 0 Å². The van der Waals surface area contributed by atoms with E-state index >= 15 is 0 Å². The Labute approximate surface area is 144 Å². The molecular weight excluding hydrogens is 389 g/mol. The molecule has 114 valence electrons. The Morgan fingerprint density at radius 1 is 1.14 bits per heavy atom. The Hall–Kier alpha value is -1.40. The van der Waals surface area contributed by atoms with Gasteiger partial charge in [0.05, 0.1) is 11.2 Å². The second-order valence-electron chi connectivity index (χ2n) is 5.67. The molecule has 0 saturated carbocycles. The van der Waals surface area contributed by atoms with E-state index in [1.165, 1.54) is 11.1 Å². The molecule has 0 heterocycles. The predicted octanol–water partition coefficient (Wildman–Crippen LogP) is 3.21. The highest BCUT2D eigenvalue weighted by molar-refractivity contribution is 14.1. The van der Waals surface area contributed by atoms with Gasteiger partial charge in [0.15, 0.2) is 0 Å². The average Bonchev–Trinajstić information content (AvgIpc) is 2.92. The van der Waals surface area contributed by atoms with E-state index in [1.807, 2.05) is 24.3 Å². The highest BCUT2D eigenvalue weighted by atomic mass is 127. The zero-order valence-electron chi connectivity index (χ0n) is 12.4. The number of carbonyl (C=O) groups excluding carboxylic acids is 1. The molecule has 2 aromatic carbocycles. The van der Waals surface area contributed by atoms with Crippen molar-refractivity contribution in [2.24, 2.45) is 0 Å². The van der Waals surface area contributed by atoms with Gasteiger partial charge in [-0.1, -0.05) is 36.4 Å². The molecule has 0 fully saturated rings. The van der Waals surface area contributed by atoms with Gasteiger partial charge < -0.3 is 10.1 Å². The van der Waals surface area contributed by atoms with Crippen molar-refractivity contribution in [2.75, 3.05) is 13.7 Å². The van der Waals surface area contributed by atoms with Gasteiger partial charge >= 0.3 is 0 Å². The molecule has 3 rings (SSSR count). The van der Waals surface area contributed by atoms with E-state index in [0.717, 1.165) is 16.4 Å². The molecule has 0 atom stereocenters. The van der Waals surface area contributed by atoms with Crippen molar-refractivity contribution in [3.05, 3.63) is 68.8 Å². The topological polar surface area (TPSA) is 38.3 Å². The fourth-order valence-corrected chi connectivity index (χ4v) is 3.61. The van der Waals surface area contributed by atoms with Gasteiger partial charge in [-0.3, -0.25) is 4.79 Å². The summed E-state index contributed by atoms with van der Waals surface area (Å²) in [5.41, 5.74) is 3.00. The van der Waals surface area contributed by atoms with Crippen LogP contribution in [-0.2, 0) is 17.6 Å². The molecule has 3 nitrogen and oxygen atoms in total. The lowest BCUT2D eigenvalue weighted by Gasteiger charge is -2.27. The van der Waals surface area contributed by atoms with Crippen LogP contribution in [0.5, 0.6) is 0 Å². The van der Waals surface area contributed by atoms with Crippen LogP contribution in [0.1, 0.15) is 21.5 Å². The lowest BCUT2D eigenvalue weighted by Crippen LogP contribution is -2.45. The Bertz CT molecular complexity index is 674.